The second-order valence-corrected chi connectivity index (χ2v) is 17.6. The van der Waals surface area contributed by atoms with Crippen LogP contribution in [0.15, 0.2) is 54.6 Å². The summed E-state index contributed by atoms with van der Waals surface area (Å²) in [5.74, 6) is 1.72. The van der Waals surface area contributed by atoms with E-state index in [1.807, 2.05) is 59.5 Å². The van der Waals surface area contributed by atoms with Crippen molar-refractivity contribution in [3.05, 3.63) is 60.2 Å². The monoisotopic (exact) mass is 894 g/mol. The Balaban J connectivity index is 1.01. The highest BCUT2D eigenvalue weighted by Gasteiger charge is 2.39. The molecule has 354 valence electrons. The molecule has 4 unspecified atom stereocenters. The van der Waals surface area contributed by atoms with Crippen molar-refractivity contribution in [1.82, 2.24) is 15.1 Å². The fourth-order valence-electron chi connectivity index (χ4n) is 9.37. The van der Waals surface area contributed by atoms with Gasteiger partial charge in [-0.1, -0.05) is 36.3 Å². The molecule has 2 aromatic rings. The van der Waals surface area contributed by atoms with Crippen molar-refractivity contribution >= 4 is 17.6 Å². The first kappa shape index (κ1) is 50.9. The highest BCUT2D eigenvalue weighted by Crippen LogP contribution is 2.37. The first-order valence-electron chi connectivity index (χ1n) is 23.5. The molecule has 0 aromatic heterocycles. The zero-order valence-electron chi connectivity index (χ0n) is 38.4. The van der Waals surface area contributed by atoms with Crippen LogP contribution in [0, 0.1) is 35.0 Å². The Labute approximate surface area is 380 Å². The lowest BCUT2D eigenvalue weighted by molar-refractivity contribution is -0.130. The van der Waals surface area contributed by atoms with Crippen LogP contribution >= 0.6 is 0 Å². The number of ether oxygens (including phenoxy) is 6. The third-order valence-electron chi connectivity index (χ3n) is 12.9. The van der Waals surface area contributed by atoms with Gasteiger partial charge in [0, 0.05) is 49.3 Å². The number of likely N-dealkylation sites (tertiary alicyclic amines) is 1. The Morgan fingerprint density at radius 3 is 2.03 bits per heavy atom. The summed E-state index contributed by atoms with van der Waals surface area (Å²) in [4.78, 5) is 17.8. The molecule has 3 fully saturated rings. The number of benzene rings is 2. The highest BCUT2D eigenvalue weighted by molar-refractivity contribution is 5.98. The molecular formula is C50H73F2N5O7. The van der Waals surface area contributed by atoms with Gasteiger partial charge in [-0.25, -0.2) is 8.78 Å². The molecule has 4 atom stereocenters. The Morgan fingerprint density at radius 2 is 1.42 bits per heavy atom. The van der Waals surface area contributed by atoms with Crippen molar-refractivity contribution in [1.29, 1.82) is 10.8 Å². The van der Waals surface area contributed by atoms with E-state index in [4.69, 9.17) is 40.3 Å². The molecule has 1 amide bonds. The van der Waals surface area contributed by atoms with Crippen LogP contribution in [0.3, 0.4) is 0 Å². The molecule has 1 saturated heterocycles. The summed E-state index contributed by atoms with van der Waals surface area (Å²) in [5.41, 5.74) is 1.02. The van der Waals surface area contributed by atoms with Crippen LogP contribution in [0.5, 0.6) is 11.5 Å². The number of terminal acetylenes is 1. The van der Waals surface area contributed by atoms with Gasteiger partial charge >= 0.3 is 0 Å². The van der Waals surface area contributed by atoms with Crippen LogP contribution in [0.1, 0.15) is 109 Å². The average Bonchev–Trinajstić information content (AvgIpc) is 3.63. The maximum absolute atomic E-state index is 13.9. The van der Waals surface area contributed by atoms with Gasteiger partial charge in [-0.05, 0) is 115 Å². The number of rotatable bonds is 26. The lowest BCUT2D eigenvalue weighted by atomic mass is 9.85. The maximum atomic E-state index is 13.9. The minimum atomic E-state index is -2.67. The number of amides is 1. The van der Waals surface area contributed by atoms with Crippen LogP contribution in [0.2, 0.25) is 0 Å². The zero-order chi connectivity index (χ0) is 45.7. The molecule has 3 N–H and O–H groups in total. The molecule has 0 spiro atoms. The quantitative estimate of drug-likeness (QED) is 0.0367. The predicted octanol–water partition coefficient (Wildman–Crippen LogP) is 8.68. The zero-order valence-corrected chi connectivity index (χ0v) is 38.4. The molecule has 64 heavy (non-hydrogen) atoms. The van der Waals surface area contributed by atoms with Gasteiger partial charge in [0.1, 0.15) is 30.5 Å². The second kappa shape index (κ2) is 26.7. The van der Waals surface area contributed by atoms with E-state index in [2.05, 4.69) is 30.0 Å². The molecule has 3 aliphatic rings. The summed E-state index contributed by atoms with van der Waals surface area (Å²) in [5, 5.41) is 21.4. The lowest BCUT2D eigenvalue weighted by Crippen LogP contribution is -2.48. The molecule has 2 saturated carbocycles. The summed E-state index contributed by atoms with van der Waals surface area (Å²) >= 11 is 0. The summed E-state index contributed by atoms with van der Waals surface area (Å²) in [7, 11) is 0. The predicted molar refractivity (Wildman–Crippen MR) is 246 cm³/mol. The van der Waals surface area contributed by atoms with Gasteiger partial charge in [0.05, 0.1) is 64.2 Å². The summed E-state index contributed by atoms with van der Waals surface area (Å²) in [6, 6.07) is 18.0. The number of nitrogens with one attached hydrogen (secondary N) is 3. The molecule has 5 rings (SSSR count). The van der Waals surface area contributed by atoms with E-state index < -0.39 is 5.92 Å². The van der Waals surface area contributed by atoms with Gasteiger partial charge in [0.25, 0.3) is 0 Å². The third-order valence-corrected chi connectivity index (χ3v) is 12.9. The van der Waals surface area contributed by atoms with E-state index >= 15 is 0 Å². The first-order chi connectivity index (χ1) is 30.9. The smallest absolute Gasteiger partial charge is 0.248 e. The number of carbonyl (C=O) groups excluding carboxylic acids is 1. The van der Waals surface area contributed by atoms with Crippen LogP contribution in [0.4, 0.5) is 8.78 Å². The molecule has 14 heteroatoms. The topological polar surface area (TPSA) is 139 Å². The van der Waals surface area contributed by atoms with Crippen LogP contribution < -0.4 is 14.8 Å². The minimum absolute atomic E-state index is 0.0282. The molecule has 0 radical (unpaired) electrons. The van der Waals surface area contributed by atoms with Gasteiger partial charge < -0.3 is 38.6 Å². The van der Waals surface area contributed by atoms with E-state index in [-0.39, 0.29) is 67.7 Å². The molecule has 1 heterocycles. The van der Waals surface area contributed by atoms with E-state index in [1.54, 1.807) is 6.92 Å². The molecular weight excluding hydrogens is 821 g/mol. The Morgan fingerprint density at radius 1 is 0.828 bits per heavy atom. The minimum Gasteiger partial charge on any atom is -0.491 e. The van der Waals surface area contributed by atoms with Crippen molar-refractivity contribution in [3.8, 4) is 23.8 Å². The Bertz CT molecular complexity index is 1730. The lowest BCUT2D eigenvalue weighted by Gasteiger charge is -2.39. The van der Waals surface area contributed by atoms with E-state index in [9.17, 15) is 19.0 Å². The Hall–Kier alpha value is -4.13. The van der Waals surface area contributed by atoms with Crippen molar-refractivity contribution in [2.24, 2.45) is 11.8 Å². The van der Waals surface area contributed by atoms with Crippen molar-refractivity contribution in [2.75, 3.05) is 66.0 Å². The fourth-order valence-corrected chi connectivity index (χ4v) is 9.37. The van der Waals surface area contributed by atoms with Crippen LogP contribution in [0.25, 0.3) is 0 Å². The van der Waals surface area contributed by atoms with Crippen LogP contribution in [-0.4, -0.2) is 124 Å². The summed E-state index contributed by atoms with van der Waals surface area (Å²) in [6.45, 7) is 11.0. The second-order valence-electron chi connectivity index (χ2n) is 17.6. The number of nitrogens with zero attached hydrogens (tertiary/aromatic N) is 2. The molecule has 0 bridgehead atoms. The first-order valence-corrected chi connectivity index (χ1v) is 23.5. The third kappa shape index (κ3) is 16.7. The molecule has 2 aliphatic carbocycles. The summed E-state index contributed by atoms with van der Waals surface area (Å²) < 4.78 is 61.6. The number of amidine groups is 2. The largest absolute Gasteiger partial charge is 0.491 e. The van der Waals surface area contributed by atoms with Crippen molar-refractivity contribution in [3.63, 3.8) is 0 Å². The average molecular weight is 894 g/mol. The van der Waals surface area contributed by atoms with Gasteiger partial charge in [0.2, 0.25) is 11.8 Å². The standard InChI is InChI=1S/C50H73F2N5O7/c1-5-27-59-28-29-60-30-31-61-32-33-62-34-35-63-44-17-19-46(20-18-44)64-45-15-12-41(13-16-45)48(54)57(39(4)53)38(3)36-43-14-11-37(2)56(43)26-23-47(40-9-7-6-8-10-40)55-49(58)42-21-24-50(51,52)25-22-42/h1,6-10,17-20,37-38,41-43,45,47,53-54H,11-16,21-36H2,2-4H3,(H,55,58). The normalized spacial score (nSPS) is 22.2. The number of hydrogen-bond donors (Lipinski definition) is 3. The highest BCUT2D eigenvalue weighted by atomic mass is 19.3. The van der Waals surface area contributed by atoms with Crippen molar-refractivity contribution in [2.45, 2.75) is 134 Å². The van der Waals surface area contributed by atoms with E-state index in [1.165, 1.54) is 0 Å². The van der Waals surface area contributed by atoms with Gasteiger partial charge in [-0.2, -0.15) is 0 Å². The number of halogens is 2. The van der Waals surface area contributed by atoms with E-state index in [0.717, 1.165) is 68.6 Å². The number of hydrogen-bond acceptors (Lipinski definition) is 10. The number of carbonyl (C=O) groups is 1. The van der Waals surface area contributed by atoms with Crippen LogP contribution in [-0.2, 0) is 23.7 Å². The SMILES string of the molecule is C#CCOCCOCCOCCOCCOc1ccc(OC2CCC(C(=N)N(C(C)=N)C(C)CC3CCC(C)N3CCC(NC(=O)C3CCC(F)(F)CC3)c3ccccc3)CC2)cc1. The Kier molecular flexibility index (Phi) is 21.2. The maximum Gasteiger partial charge on any atom is 0.248 e. The van der Waals surface area contributed by atoms with Gasteiger partial charge in [0.15, 0.2) is 0 Å². The number of alkyl halides is 2. The van der Waals surface area contributed by atoms with Gasteiger partial charge in [-0.3, -0.25) is 20.5 Å². The summed E-state index contributed by atoms with van der Waals surface area (Å²) in [6.07, 6.45) is 12.1. The molecule has 2 aromatic carbocycles. The van der Waals surface area contributed by atoms with E-state index in [0.29, 0.717) is 83.6 Å². The van der Waals surface area contributed by atoms with Crippen molar-refractivity contribution < 1.29 is 42.0 Å². The molecule has 12 nitrogen and oxygen atoms in total. The fraction of sp³-hybridized carbons (Fsp3) is 0.660. The van der Waals surface area contributed by atoms with Gasteiger partial charge in [-0.15, -0.1) is 6.42 Å². The molecule has 1 aliphatic heterocycles.